The average molecular weight is 330 g/mol. The van der Waals surface area contributed by atoms with Crippen LogP contribution in [0.5, 0.6) is 0 Å². The molecule has 0 aliphatic rings. The molecule has 6 heteroatoms. The number of nitro benzene ring substituents is 1. The molecule has 23 heavy (non-hydrogen) atoms. The van der Waals surface area contributed by atoms with Crippen molar-refractivity contribution in [3.8, 4) is 0 Å². The summed E-state index contributed by atoms with van der Waals surface area (Å²) in [4.78, 5) is 16.6. The number of hydrogen-bond acceptors (Lipinski definition) is 5. The highest BCUT2D eigenvalue weighted by Crippen LogP contribution is 2.30. The van der Waals surface area contributed by atoms with Crippen molar-refractivity contribution in [1.29, 1.82) is 0 Å². The van der Waals surface area contributed by atoms with E-state index in [1.807, 2.05) is 18.2 Å². The first-order valence-electron chi connectivity index (χ1n) is 7.10. The molecule has 0 amide bonds. The van der Waals surface area contributed by atoms with Crippen LogP contribution in [0.3, 0.4) is 0 Å². The Morgan fingerprint density at radius 3 is 2.43 bits per heavy atom. The normalized spacial score (nSPS) is 11.6. The molecule has 0 aromatic heterocycles. The Bertz CT molecular complexity index is 670. The summed E-state index contributed by atoms with van der Waals surface area (Å²) in [5, 5.41) is 14.6. The van der Waals surface area contributed by atoms with Gasteiger partial charge in [-0.3, -0.25) is 10.1 Å². The van der Waals surface area contributed by atoms with Gasteiger partial charge in [0.05, 0.1) is 15.9 Å². The SMILES string of the molecule is CC(C)(/C=N/OCc1ccc([N+](=O)[O-])cc1)Sc1ccccc1. The predicted molar refractivity (Wildman–Crippen MR) is 92.8 cm³/mol. The summed E-state index contributed by atoms with van der Waals surface area (Å²) in [6.45, 7) is 4.40. The smallest absolute Gasteiger partial charge is 0.269 e. The fourth-order valence-electron chi connectivity index (χ4n) is 1.81. The predicted octanol–water partition coefficient (Wildman–Crippen LogP) is 4.67. The highest BCUT2D eigenvalue weighted by atomic mass is 32.2. The Balaban J connectivity index is 1.84. The number of benzene rings is 2. The van der Waals surface area contributed by atoms with Crippen molar-refractivity contribution < 1.29 is 9.76 Å². The molecule has 0 aliphatic heterocycles. The van der Waals surface area contributed by atoms with Crippen LogP contribution in [0, 0.1) is 10.1 Å². The van der Waals surface area contributed by atoms with Gasteiger partial charge in [-0.15, -0.1) is 11.8 Å². The van der Waals surface area contributed by atoms with Crippen LogP contribution >= 0.6 is 11.8 Å². The number of non-ortho nitro benzene ring substituents is 1. The summed E-state index contributed by atoms with van der Waals surface area (Å²) in [5.74, 6) is 0. The molecule has 0 atom stereocenters. The first kappa shape index (κ1) is 17.0. The molecule has 0 saturated carbocycles. The van der Waals surface area contributed by atoms with E-state index in [0.717, 1.165) is 5.56 Å². The molecule has 2 aromatic rings. The fraction of sp³-hybridized carbons (Fsp3) is 0.235. The van der Waals surface area contributed by atoms with Crippen molar-refractivity contribution >= 4 is 23.7 Å². The van der Waals surface area contributed by atoms with Gasteiger partial charge in [0.25, 0.3) is 5.69 Å². The van der Waals surface area contributed by atoms with E-state index in [2.05, 4.69) is 31.1 Å². The second kappa shape index (κ2) is 7.78. The Kier molecular flexibility index (Phi) is 5.76. The zero-order valence-corrected chi connectivity index (χ0v) is 13.8. The van der Waals surface area contributed by atoms with Gasteiger partial charge in [0, 0.05) is 17.0 Å². The zero-order chi connectivity index (χ0) is 16.7. The van der Waals surface area contributed by atoms with E-state index in [1.165, 1.54) is 17.0 Å². The van der Waals surface area contributed by atoms with Crippen LogP contribution < -0.4 is 0 Å². The van der Waals surface area contributed by atoms with Crippen LogP contribution in [0.4, 0.5) is 5.69 Å². The third-order valence-corrected chi connectivity index (χ3v) is 4.08. The molecular formula is C17H18N2O3S. The maximum atomic E-state index is 10.6. The molecule has 0 N–H and O–H groups in total. The van der Waals surface area contributed by atoms with Crippen molar-refractivity contribution in [2.75, 3.05) is 0 Å². The topological polar surface area (TPSA) is 64.7 Å². The van der Waals surface area contributed by atoms with Crippen molar-refractivity contribution in [2.45, 2.75) is 30.1 Å². The molecule has 5 nitrogen and oxygen atoms in total. The van der Waals surface area contributed by atoms with Gasteiger partial charge >= 0.3 is 0 Å². The van der Waals surface area contributed by atoms with Gasteiger partial charge in [-0.05, 0) is 43.7 Å². The van der Waals surface area contributed by atoms with Gasteiger partial charge < -0.3 is 4.84 Å². The standard InChI is InChI=1S/C17H18N2O3S/c1-17(2,23-16-6-4-3-5-7-16)13-18-22-12-14-8-10-15(11-9-14)19(20)21/h3-11,13H,12H2,1-2H3/b18-13+. The van der Waals surface area contributed by atoms with Crippen LogP contribution in [0.2, 0.25) is 0 Å². The largest absolute Gasteiger partial charge is 0.391 e. The van der Waals surface area contributed by atoms with Crippen LogP contribution in [-0.2, 0) is 11.4 Å². The Labute approximate surface area is 139 Å². The van der Waals surface area contributed by atoms with Gasteiger partial charge in [0.15, 0.2) is 0 Å². The molecule has 2 rings (SSSR count). The van der Waals surface area contributed by atoms with Gasteiger partial charge in [0.1, 0.15) is 6.61 Å². The van der Waals surface area contributed by atoms with Crippen LogP contribution in [0.25, 0.3) is 0 Å². The van der Waals surface area contributed by atoms with E-state index < -0.39 is 4.92 Å². The second-order valence-corrected chi connectivity index (χ2v) is 7.18. The minimum Gasteiger partial charge on any atom is -0.391 e. The van der Waals surface area contributed by atoms with E-state index in [1.54, 1.807) is 30.1 Å². The van der Waals surface area contributed by atoms with Crippen molar-refractivity contribution in [3.63, 3.8) is 0 Å². The number of rotatable bonds is 7. The minimum atomic E-state index is -0.424. The molecule has 0 spiro atoms. The van der Waals surface area contributed by atoms with E-state index in [9.17, 15) is 10.1 Å². The summed E-state index contributed by atoms with van der Waals surface area (Å²) < 4.78 is -0.198. The number of nitrogens with zero attached hydrogens (tertiary/aromatic N) is 2. The Morgan fingerprint density at radius 1 is 1.17 bits per heavy atom. The summed E-state index contributed by atoms with van der Waals surface area (Å²) >= 11 is 1.69. The van der Waals surface area contributed by atoms with Gasteiger partial charge in [0.2, 0.25) is 0 Å². The first-order chi connectivity index (χ1) is 11.0. The lowest BCUT2D eigenvalue weighted by atomic mass is 10.2. The molecule has 0 saturated heterocycles. The molecule has 0 heterocycles. The summed E-state index contributed by atoms with van der Waals surface area (Å²) in [5.41, 5.74) is 0.902. The van der Waals surface area contributed by atoms with Crippen LogP contribution in [-0.4, -0.2) is 15.9 Å². The van der Waals surface area contributed by atoms with Crippen molar-refractivity contribution in [2.24, 2.45) is 5.16 Å². The molecule has 0 radical (unpaired) electrons. The van der Waals surface area contributed by atoms with Crippen molar-refractivity contribution in [1.82, 2.24) is 0 Å². The highest BCUT2D eigenvalue weighted by Gasteiger charge is 2.16. The van der Waals surface area contributed by atoms with E-state index in [4.69, 9.17) is 4.84 Å². The van der Waals surface area contributed by atoms with Gasteiger partial charge in [-0.2, -0.15) is 0 Å². The first-order valence-corrected chi connectivity index (χ1v) is 7.92. The zero-order valence-electron chi connectivity index (χ0n) is 13.0. The molecule has 120 valence electrons. The van der Waals surface area contributed by atoms with Crippen molar-refractivity contribution in [3.05, 3.63) is 70.3 Å². The maximum Gasteiger partial charge on any atom is 0.269 e. The Morgan fingerprint density at radius 2 is 1.83 bits per heavy atom. The maximum absolute atomic E-state index is 10.6. The fourth-order valence-corrected chi connectivity index (χ4v) is 2.80. The lowest BCUT2D eigenvalue weighted by Gasteiger charge is -2.18. The highest BCUT2D eigenvalue weighted by molar-refractivity contribution is 8.01. The van der Waals surface area contributed by atoms with E-state index in [0.29, 0.717) is 0 Å². The lowest BCUT2D eigenvalue weighted by Crippen LogP contribution is -2.16. The number of oxime groups is 1. The van der Waals surface area contributed by atoms with E-state index in [-0.39, 0.29) is 17.0 Å². The molecule has 0 bridgehead atoms. The minimum absolute atomic E-state index is 0.0673. The quantitative estimate of drug-likeness (QED) is 0.320. The molecular weight excluding hydrogens is 312 g/mol. The number of hydrogen-bond donors (Lipinski definition) is 0. The third kappa shape index (κ3) is 5.75. The molecule has 2 aromatic carbocycles. The number of thioether (sulfide) groups is 1. The molecule has 0 fully saturated rings. The lowest BCUT2D eigenvalue weighted by molar-refractivity contribution is -0.384. The number of nitro groups is 1. The summed E-state index contributed by atoms with van der Waals surface area (Å²) in [6, 6.07) is 16.3. The molecule has 0 aliphatic carbocycles. The van der Waals surface area contributed by atoms with Gasteiger partial charge in [-0.25, -0.2) is 0 Å². The summed E-state index contributed by atoms with van der Waals surface area (Å²) in [6.07, 6.45) is 1.76. The van der Waals surface area contributed by atoms with E-state index >= 15 is 0 Å². The van der Waals surface area contributed by atoms with Crippen LogP contribution in [0.15, 0.2) is 64.6 Å². The molecule has 0 unspecified atom stereocenters. The average Bonchev–Trinajstić information content (AvgIpc) is 2.52. The van der Waals surface area contributed by atoms with Gasteiger partial charge in [-0.1, -0.05) is 23.4 Å². The Hall–Kier alpha value is -2.34. The third-order valence-electron chi connectivity index (χ3n) is 2.94. The summed E-state index contributed by atoms with van der Waals surface area (Å²) in [7, 11) is 0. The van der Waals surface area contributed by atoms with Crippen LogP contribution in [0.1, 0.15) is 19.4 Å². The second-order valence-electron chi connectivity index (χ2n) is 5.45. The monoisotopic (exact) mass is 330 g/mol.